The fourth-order valence-electron chi connectivity index (χ4n) is 2.06. The Labute approximate surface area is 118 Å². The van der Waals surface area contributed by atoms with Gasteiger partial charge < -0.3 is 4.74 Å². The Morgan fingerprint density at radius 1 is 1.20 bits per heavy atom. The first-order valence-corrected chi connectivity index (χ1v) is 6.44. The average Bonchev–Trinajstić information content (AvgIpc) is 2.53. The van der Waals surface area contributed by atoms with Crippen LogP contribution in [0.25, 0.3) is 0 Å². The molecule has 20 heavy (non-hydrogen) atoms. The second-order valence-electron chi connectivity index (χ2n) is 4.69. The zero-order valence-corrected chi connectivity index (χ0v) is 11.7. The Morgan fingerprint density at radius 2 is 1.85 bits per heavy atom. The topological polar surface area (TPSA) is 51.2 Å². The van der Waals surface area contributed by atoms with Gasteiger partial charge in [0, 0.05) is 18.9 Å². The molecule has 1 aromatic carbocycles. The highest BCUT2D eigenvalue weighted by Gasteiger charge is 2.35. The molecule has 0 spiro atoms. The maximum absolute atomic E-state index is 12.2. The number of aromatic nitrogens is 1. The minimum absolute atomic E-state index is 0.320. The highest BCUT2D eigenvalue weighted by atomic mass is 16.5. The van der Waals surface area contributed by atoms with E-state index in [1.165, 1.54) is 7.11 Å². The summed E-state index contributed by atoms with van der Waals surface area (Å²) in [6.07, 6.45) is 3.33. The third-order valence-electron chi connectivity index (χ3n) is 3.34. The highest BCUT2D eigenvalue weighted by Crippen LogP contribution is 2.22. The maximum atomic E-state index is 12.2. The summed E-state index contributed by atoms with van der Waals surface area (Å²) in [6, 6.07) is 13.6. The summed E-state index contributed by atoms with van der Waals surface area (Å²) in [5, 5.41) is 3.28. The number of nitrogens with one attached hydrogen (secondary N) is 1. The molecule has 0 saturated heterocycles. The van der Waals surface area contributed by atoms with Crippen LogP contribution in [0.4, 0.5) is 0 Å². The van der Waals surface area contributed by atoms with Crippen molar-refractivity contribution in [2.45, 2.75) is 19.0 Å². The Morgan fingerprint density at radius 3 is 2.45 bits per heavy atom. The van der Waals surface area contributed by atoms with Crippen LogP contribution >= 0.6 is 0 Å². The predicted octanol–water partition coefficient (Wildman–Crippen LogP) is 2.26. The molecule has 1 heterocycles. The molecule has 0 aliphatic carbocycles. The molecule has 0 amide bonds. The Kier molecular flexibility index (Phi) is 4.48. The molecule has 0 aliphatic heterocycles. The standard InChI is InChI=1S/C16H18N2O2/c1-16(15(19)20-2,14-8-10-17-11-9-14)18-12-13-6-4-3-5-7-13/h3-11,18H,12H2,1-2H3. The first-order valence-electron chi connectivity index (χ1n) is 6.44. The predicted molar refractivity (Wildman–Crippen MR) is 76.9 cm³/mol. The number of methoxy groups -OCH3 is 1. The van der Waals surface area contributed by atoms with Gasteiger partial charge in [0.15, 0.2) is 0 Å². The number of carbonyl (C=O) groups is 1. The van der Waals surface area contributed by atoms with Gasteiger partial charge in [0.1, 0.15) is 5.54 Å². The summed E-state index contributed by atoms with van der Waals surface area (Å²) in [5.41, 5.74) is 1.04. The molecule has 2 aromatic rings. The first-order chi connectivity index (χ1) is 9.66. The largest absolute Gasteiger partial charge is 0.467 e. The van der Waals surface area contributed by atoms with Crippen molar-refractivity contribution in [3.8, 4) is 0 Å². The zero-order valence-electron chi connectivity index (χ0n) is 11.7. The molecule has 2 rings (SSSR count). The van der Waals surface area contributed by atoms with E-state index in [1.54, 1.807) is 12.4 Å². The van der Waals surface area contributed by atoms with Gasteiger partial charge >= 0.3 is 5.97 Å². The lowest BCUT2D eigenvalue weighted by atomic mass is 9.92. The van der Waals surface area contributed by atoms with Crippen molar-refractivity contribution in [1.29, 1.82) is 0 Å². The summed E-state index contributed by atoms with van der Waals surface area (Å²) in [6.45, 7) is 2.39. The molecule has 104 valence electrons. The number of ether oxygens (including phenoxy) is 1. The lowest BCUT2D eigenvalue weighted by molar-refractivity contribution is -0.148. The minimum Gasteiger partial charge on any atom is -0.467 e. The lowest BCUT2D eigenvalue weighted by Gasteiger charge is -2.28. The zero-order chi connectivity index (χ0) is 14.4. The molecule has 0 saturated carbocycles. The molecular weight excluding hydrogens is 252 g/mol. The maximum Gasteiger partial charge on any atom is 0.330 e. The Bertz CT molecular complexity index is 557. The Hall–Kier alpha value is -2.20. The van der Waals surface area contributed by atoms with E-state index in [1.807, 2.05) is 49.4 Å². The van der Waals surface area contributed by atoms with Crippen LogP contribution in [0.5, 0.6) is 0 Å². The lowest BCUT2D eigenvalue weighted by Crippen LogP contribution is -2.47. The first kappa shape index (κ1) is 14.2. The highest BCUT2D eigenvalue weighted by molar-refractivity contribution is 5.82. The number of benzene rings is 1. The van der Waals surface area contributed by atoms with Crippen molar-refractivity contribution in [2.24, 2.45) is 0 Å². The van der Waals surface area contributed by atoms with Crippen LogP contribution in [0.2, 0.25) is 0 Å². The van der Waals surface area contributed by atoms with Crippen LogP contribution in [-0.4, -0.2) is 18.1 Å². The normalized spacial score (nSPS) is 13.5. The van der Waals surface area contributed by atoms with Crippen LogP contribution in [-0.2, 0) is 21.6 Å². The number of hydrogen-bond acceptors (Lipinski definition) is 4. The van der Waals surface area contributed by atoms with Crippen LogP contribution < -0.4 is 5.32 Å². The number of carbonyl (C=O) groups excluding carboxylic acids is 1. The molecular formula is C16H18N2O2. The van der Waals surface area contributed by atoms with Gasteiger partial charge in [-0.15, -0.1) is 0 Å². The van der Waals surface area contributed by atoms with Crippen molar-refractivity contribution in [2.75, 3.05) is 7.11 Å². The third kappa shape index (κ3) is 3.03. The quantitative estimate of drug-likeness (QED) is 0.847. The van der Waals surface area contributed by atoms with Gasteiger partial charge in [0.25, 0.3) is 0 Å². The fourth-order valence-corrected chi connectivity index (χ4v) is 2.06. The van der Waals surface area contributed by atoms with Crippen molar-refractivity contribution >= 4 is 5.97 Å². The number of nitrogens with zero attached hydrogens (tertiary/aromatic N) is 1. The molecule has 4 nitrogen and oxygen atoms in total. The number of hydrogen-bond donors (Lipinski definition) is 1. The van der Waals surface area contributed by atoms with E-state index in [0.717, 1.165) is 11.1 Å². The van der Waals surface area contributed by atoms with E-state index in [-0.39, 0.29) is 5.97 Å². The van der Waals surface area contributed by atoms with Crippen molar-refractivity contribution in [3.63, 3.8) is 0 Å². The van der Waals surface area contributed by atoms with E-state index >= 15 is 0 Å². The molecule has 4 heteroatoms. The van der Waals surface area contributed by atoms with Crippen molar-refractivity contribution in [1.82, 2.24) is 10.3 Å². The van der Waals surface area contributed by atoms with Gasteiger partial charge in [0.05, 0.1) is 7.11 Å². The summed E-state index contributed by atoms with van der Waals surface area (Å²) < 4.78 is 4.94. The van der Waals surface area contributed by atoms with Crippen molar-refractivity contribution < 1.29 is 9.53 Å². The fraction of sp³-hybridized carbons (Fsp3) is 0.250. The molecule has 0 bridgehead atoms. The van der Waals surface area contributed by atoms with E-state index < -0.39 is 5.54 Å². The third-order valence-corrected chi connectivity index (χ3v) is 3.34. The van der Waals surface area contributed by atoms with Crippen LogP contribution in [0.1, 0.15) is 18.1 Å². The summed E-state index contributed by atoms with van der Waals surface area (Å²) in [4.78, 5) is 16.1. The van der Waals surface area contributed by atoms with Gasteiger partial charge in [-0.3, -0.25) is 10.3 Å². The Balaban J connectivity index is 2.22. The summed E-state index contributed by atoms with van der Waals surface area (Å²) in [5.74, 6) is -0.320. The summed E-state index contributed by atoms with van der Waals surface area (Å²) in [7, 11) is 1.39. The van der Waals surface area contributed by atoms with Gasteiger partial charge in [-0.2, -0.15) is 0 Å². The summed E-state index contributed by atoms with van der Waals surface area (Å²) >= 11 is 0. The molecule has 0 radical (unpaired) electrons. The second kappa shape index (κ2) is 6.30. The molecule has 1 N–H and O–H groups in total. The van der Waals surface area contributed by atoms with E-state index in [0.29, 0.717) is 6.54 Å². The smallest absolute Gasteiger partial charge is 0.330 e. The molecule has 1 atom stereocenters. The van der Waals surface area contributed by atoms with Gasteiger partial charge in [-0.05, 0) is 30.2 Å². The van der Waals surface area contributed by atoms with Gasteiger partial charge in [-0.25, -0.2) is 4.79 Å². The molecule has 0 aliphatic rings. The average molecular weight is 270 g/mol. The second-order valence-corrected chi connectivity index (χ2v) is 4.69. The number of pyridine rings is 1. The van der Waals surface area contributed by atoms with E-state index in [4.69, 9.17) is 4.74 Å². The van der Waals surface area contributed by atoms with Gasteiger partial charge in [0.2, 0.25) is 0 Å². The monoisotopic (exact) mass is 270 g/mol. The van der Waals surface area contributed by atoms with E-state index in [2.05, 4.69) is 10.3 Å². The molecule has 0 fully saturated rings. The number of rotatable bonds is 5. The number of esters is 1. The van der Waals surface area contributed by atoms with E-state index in [9.17, 15) is 4.79 Å². The van der Waals surface area contributed by atoms with Crippen molar-refractivity contribution in [3.05, 3.63) is 66.0 Å². The van der Waals surface area contributed by atoms with Crippen LogP contribution in [0.15, 0.2) is 54.9 Å². The molecule has 1 aromatic heterocycles. The minimum atomic E-state index is -0.895. The van der Waals surface area contributed by atoms with Crippen LogP contribution in [0.3, 0.4) is 0 Å². The SMILES string of the molecule is COC(=O)C(C)(NCc1ccccc1)c1ccncc1. The van der Waals surface area contributed by atoms with Crippen LogP contribution in [0, 0.1) is 0 Å². The van der Waals surface area contributed by atoms with Gasteiger partial charge in [-0.1, -0.05) is 30.3 Å². The molecule has 1 unspecified atom stereocenters.